The van der Waals surface area contributed by atoms with Crippen LogP contribution in [0.3, 0.4) is 0 Å². The van der Waals surface area contributed by atoms with Crippen LogP contribution in [-0.2, 0) is 0 Å². The largest absolute Gasteiger partial charge is 0.476 e. The van der Waals surface area contributed by atoms with Crippen molar-refractivity contribution < 1.29 is 4.74 Å². The van der Waals surface area contributed by atoms with Crippen LogP contribution in [0.2, 0.25) is 0 Å². The highest BCUT2D eigenvalue weighted by molar-refractivity contribution is 5.42. The van der Waals surface area contributed by atoms with Crippen molar-refractivity contribution in [2.24, 2.45) is 0 Å². The molecule has 0 bridgehead atoms. The van der Waals surface area contributed by atoms with Gasteiger partial charge in [-0.05, 0) is 21.0 Å². The van der Waals surface area contributed by atoms with E-state index in [9.17, 15) is 0 Å². The van der Waals surface area contributed by atoms with E-state index < -0.39 is 0 Å². The maximum atomic E-state index is 5.61. The van der Waals surface area contributed by atoms with E-state index in [1.165, 1.54) is 6.33 Å². The van der Waals surface area contributed by atoms with Crippen LogP contribution in [0.15, 0.2) is 6.33 Å². The van der Waals surface area contributed by atoms with Crippen LogP contribution < -0.4 is 10.5 Å². The third-order valence-corrected chi connectivity index (χ3v) is 1.85. The zero-order valence-corrected chi connectivity index (χ0v) is 8.82. The summed E-state index contributed by atoms with van der Waals surface area (Å²) >= 11 is 0. The van der Waals surface area contributed by atoms with Crippen molar-refractivity contribution in [3.8, 4) is 5.88 Å². The number of anilines is 1. The van der Waals surface area contributed by atoms with Gasteiger partial charge in [-0.2, -0.15) is 0 Å². The number of likely N-dealkylation sites (N-methyl/N-ethyl adjacent to an activating group) is 1. The van der Waals surface area contributed by atoms with E-state index in [4.69, 9.17) is 10.5 Å². The highest BCUT2D eigenvalue weighted by Gasteiger charge is 2.04. The molecule has 5 nitrogen and oxygen atoms in total. The first-order valence-electron chi connectivity index (χ1n) is 4.46. The highest BCUT2D eigenvalue weighted by Crippen LogP contribution is 2.16. The summed E-state index contributed by atoms with van der Waals surface area (Å²) in [7, 11) is 3.98. The van der Waals surface area contributed by atoms with E-state index in [0.717, 1.165) is 12.1 Å². The van der Waals surface area contributed by atoms with E-state index in [1.54, 1.807) is 0 Å². The second-order valence-electron chi connectivity index (χ2n) is 3.34. The standard InChI is InChI=1S/C9H16N4O/c1-7-8(10)11-6-12-9(7)14-5-4-13(2)3/h6H,4-5H2,1-3H3,(H2,10,11,12). The van der Waals surface area contributed by atoms with Crippen LogP contribution in [0, 0.1) is 6.92 Å². The third-order valence-electron chi connectivity index (χ3n) is 1.85. The number of nitrogen functional groups attached to an aromatic ring is 1. The van der Waals surface area contributed by atoms with Gasteiger partial charge in [0.25, 0.3) is 0 Å². The molecule has 0 saturated carbocycles. The second kappa shape index (κ2) is 4.76. The van der Waals surface area contributed by atoms with Crippen molar-refractivity contribution in [3.05, 3.63) is 11.9 Å². The maximum Gasteiger partial charge on any atom is 0.221 e. The lowest BCUT2D eigenvalue weighted by Gasteiger charge is -2.11. The summed E-state index contributed by atoms with van der Waals surface area (Å²) in [6.45, 7) is 3.30. The summed E-state index contributed by atoms with van der Waals surface area (Å²) in [5.41, 5.74) is 6.41. The number of nitrogens with zero attached hydrogens (tertiary/aromatic N) is 3. The monoisotopic (exact) mass is 196 g/mol. The Bertz CT molecular complexity index is 301. The Labute approximate surface area is 83.9 Å². The molecular weight excluding hydrogens is 180 g/mol. The Morgan fingerprint density at radius 2 is 2.14 bits per heavy atom. The first-order chi connectivity index (χ1) is 6.61. The van der Waals surface area contributed by atoms with Gasteiger partial charge in [-0.15, -0.1) is 0 Å². The molecule has 0 fully saturated rings. The zero-order chi connectivity index (χ0) is 10.6. The van der Waals surface area contributed by atoms with E-state index >= 15 is 0 Å². The molecule has 2 N–H and O–H groups in total. The lowest BCUT2D eigenvalue weighted by molar-refractivity contribution is 0.252. The van der Waals surface area contributed by atoms with Crippen LogP contribution >= 0.6 is 0 Å². The molecule has 0 amide bonds. The number of rotatable bonds is 4. The van der Waals surface area contributed by atoms with Gasteiger partial charge >= 0.3 is 0 Å². The second-order valence-corrected chi connectivity index (χ2v) is 3.34. The molecule has 1 aromatic heterocycles. The summed E-state index contributed by atoms with van der Waals surface area (Å²) in [6, 6.07) is 0. The van der Waals surface area contributed by atoms with Gasteiger partial charge in [0, 0.05) is 6.54 Å². The molecule has 0 atom stereocenters. The lowest BCUT2D eigenvalue weighted by atomic mass is 10.3. The molecule has 1 aromatic rings. The van der Waals surface area contributed by atoms with Gasteiger partial charge in [0.05, 0.1) is 5.56 Å². The smallest absolute Gasteiger partial charge is 0.221 e. The number of hydrogen-bond donors (Lipinski definition) is 1. The van der Waals surface area contributed by atoms with Crippen molar-refractivity contribution in [1.82, 2.24) is 14.9 Å². The molecule has 1 rings (SSSR count). The Morgan fingerprint density at radius 1 is 1.43 bits per heavy atom. The maximum absolute atomic E-state index is 5.61. The molecule has 0 aliphatic heterocycles. The molecule has 0 aliphatic carbocycles. The highest BCUT2D eigenvalue weighted by atomic mass is 16.5. The van der Waals surface area contributed by atoms with E-state index in [2.05, 4.69) is 9.97 Å². The molecule has 5 heteroatoms. The predicted octanol–water partition coefficient (Wildman–Crippen LogP) is 0.308. The first kappa shape index (κ1) is 10.7. The normalized spacial score (nSPS) is 10.6. The van der Waals surface area contributed by atoms with E-state index in [1.807, 2.05) is 25.9 Å². The number of hydrogen-bond acceptors (Lipinski definition) is 5. The fourth-order valence-electron chi connectivity index (χ4n) is 0.917. The molecule has 0 saturated heterocycles. The van der Waals surface area contributed by atoms with Gasteiger partial charge in [-0.3, -0.25) is 0 Å². The van der Waals surface area contributed by atoms with Crippen molar-refractivity contribution in [2.75, 3.05) is 33.0 Å². The zero-order valence-electron chi connectivity index (χ0n) is 8.82. The topological polar surface area (TPSA) is 64.3 Å². The quantitative estimate of drug-likeness (QED) is 0.750. The average Bonchev–Trinajstić information content (AvgIpc) is 2.12. The first-order valence-corrected chi connectivity index (χ1v) is 4.46. The van der Waals surface area contributed by atoms with Gasteiger partial charge in [0.1, 0.15) is 18.8 Å². The van der Waals surface area contributed by atoms with Crippen molar-refractivity contribution in [2.45, 2.75) is 6.92 Å². The van der Waals surface area contributed by atoms with Crippen LogP contribution in [0.1, 0.15) is 5.56 Å². The summed E-state index contributed by atoms with van der Waals surface area (Å²) in [5, 5.41) is 0. The van der Waals surface area contributed by atoms with E-state index in [-0.39, 0.29) is 0 Å². The van der Waals surface area contributed by atoms with Gasteiger partial charge in [0.15, 0.2) is 0 Å². The van der Waals surface area contributed by atoms with Gasteiger partial charge in [-0.1, -0.05) is 0 Å². The minimum absolute atomic E-state index is 0.472. The van der Waals surface area contributed by atoms with Gasteiger partial charge in [0.2, 0.25) is 5.88 Å². The van der Waals surface area contributed by atoms with Crippen LogP contribution in [0.25, 0.3) is 0 Å². The minimum atomic E-state index is 0.472. The third kappa shape index (κ3) is 2.85. The lowest BCUT2D eigenvalue weighted by Crippen LogP contribution is -2.20. The van der Waals surface area contributed by atoms with Crippen LogP contribution in [0.5, 0.6) is 5.88 Å². The van der Waals surface area contributed by atoms with Gasteiger partial charge in [-0.25, -0.2) is 9.97 Å². The molecular formula is C9H16N4O. The molecule has 0 radical (unpaired) electrons. The SMILES string of the molecule is Cc1c(N)ncnc1OCCN(C)C. The molecule has 78 valence electrons. The Morgan fingerprint density at radius 3 is 2.79 bits per heavy atom. The summed E-state index contributed by atoms with van der Waals surface area (Å²) in [5.74, 6) is 1.04. The van der Waals surface area contributed by atoms with Crippen molar-refractivity contribution in [1.29, 1.82) is 0 Å². The predicted molar refractivity (Wildman–Crippen MR) is 55.2 cm³/mol. The molecule has 0 aromatic carbocycles. The molecule has 0 unspecified atom stereocenters. The molecule has 0 spiro atoms. The number of ether oxygens (including phenoxy) is 1. The van der Waals surface area contributed by atoms with Crippen LogP contribution in [0.4, 0.5) is 5.82 Å². The average molecular weight is 196 g/mol. The Kier molecular flexibility index (Phi) is 3.64. The van der Waals surface area contributed by atoms with Crippen molar-refractivity contribution >= 4 is 5.82 Å². The number of nitrogens with two attached hydrogens (primary N) is 1. The fraction of sp³-hybridized carbons (Fsp3) is 0.556. The summed E-state index contributed by atoms with van der Waals surface area (Å²) in [6.07, 6.45) is 1.41. The number of aromatic nitrogens is 2. The van der Waals surface area contributed by atoms with Gasteiger partial charge < -0.3 is 15.4 Å². The van der Waals surface area contributed by atoms with Crippen LogP contribution in [-0.4, -0.2) is 42.1 Å². The molecule has 0 aliphatic rings. The molecule has 14 heavy (non-hydrogen) atoms. The minimum Gasteiger partial charge on any atom is -0.476 e. The summed E-state index contributed by atoms with van der Waals surface area (Å²) < 4.78 is 5.46. The Hall–Kier alpha value is -1.36. The Balaban J connectivity index is 2.54. The van der Waals surface area contributed by atoms with E-state index in [0.29, 0.717) is 18.3 Å². The molecule has 1 heterocycles. The van der Waals surface area contributed by atoms with Crippen molar-refractivity contribution in [3.63, 3.8) is 0 Å². The summed E-state index contributed by atoms with van der Waals surface area (Å²) in [4.78, 5) is 9.90. The fourth-order valence-corrected chi connectivity index (χ4v) is 0.917.